The monoisotopic (exact) mass is 584 g/mol. The van der Waals surface area contributed by atoms with Crippen LogP contribution in [0.1, 0.15) is 60.8 Å². The summed E-state index contributed by atoms with van der Waals surface area (Å²) in [5.41, 5.74) is -1.45. The summed E-state index contributed by atoms with van der Waals surface area (Å²) in [4.78, 5) is 25.9. The molecule has 0 spiro atoms. The summed E-state index contributed by atoms with van der Waals surface area (Å²) in [5, 5.41) is 12.7. The van der Waals surface area contributed by atoms with Gasteiger partial charge in [0.15, 0.2) is 0 Å². The molecule has 0 amide bonds. The van der Waals surface area contributed by atoms with Gasteiger partial charge in [0.2, 0.25) is 0 Å². The topological polar surface area (TPSA) is 119 Å². The third kappa shape index (κ3) is 3.89. The van der Waals surface area contributed by atoms with E-state index in [2.05, 4.69) is 0 Å². The predicted octanol–water partition coefficient (Wildman–Crippen LogP) is 2.39. The average molecular weight is 584 g/mol. The van der Waals surface area contributed by atoms with Gasteiger partial charge in [-0.2, -0.15) is 8.42 Å². The zero-order chi connectivity index (χ0) is 24.0. The number of alkyl halides is 1. The Morgan fingerprint density at radius 2 is 1.62 bits per heavy atom. The lowest BCUT2D eigenvalue weighted by molar-refractivity contribution is -0.299. The van der Waals surface area contributed by atoms with Crippen LogP contribution in [0.4, 0.5) is 0 Å². The van der Waals surface area contributed by atoms with Gasteiger partial charge in [0.1, 0.15) is 27.0 Å². The molecule has 4 aliphatic rings. The molecule has 2 bridgehead atoms. The van der Waals surface area contributed by atoms with Crippen LogP contribution in [0.15, 0.2) is 0 Å². The van der Waals surface area contributed by atoms with E-state index in [0.717, 1.165) is 5.06 Å². The van der Waals surface area contributed by atoms with Crippen molar-refractivity contribution in [2.24, 2.45) is 17.8 Å². The minimum absolute atomic E-state index is 0.352. The quantitative estimate of drug-likeness (QED) is 0.214. The van der Waals surface area contributed by atoms with Crippen LogP contribution in [0.25, 0.3) is 0 Å². The van der Waals surface area contributed by atoms with E-state index in [4.69, 9.17) is 13.7 Å². The van der Waals surface area contributed by atoms with Crippen molar-refractivity contribution < 1.29 is 36.9 Å². The van der Waals surface area contributed by atoms with E-state index in [0.29, 0.717) is 19.3 Å². The number of hydrogen-bond donors (Lipinski definition) is 0. The van der Waals surface area contributed by atoms with E-state index < -0.39 is 77.9 Å². The molecule has 0 N–H and O–H groups in total. The van der Waals surface area contributed by atoms with Gasteiger partial charge in [-0.25, -0.2) is 0 Å². The van der Waals surface area contributed by atoms with Crippen LogP contribution < -0.4 is 0 Å². The molecule has 0 aromatic heterocycles. The SMILES string of the molecule is CC(C)(I)C(=O)OC1C2CC3C1OS(=O)(=O)C3C2C(=O)OC1CC(C)(C)N([O])C(C)(C)C1. The standard InChI is InChI=1S/C21H31INO8S/c1-19(2)8-10(9-20(3,4)23(19)26)29-17(24)13-11-7-12-15(31-32(27,28)16(12)13)14(11)30-18(25)21(5,6)22/h10-16H,7-9H2,1-6H3. The number of nitrogens with zero attached hydrogens (tertiary/aromatic N) is 1. The van der Waals surface area contributed by atoms with Crippen molar-refractivity contribution in [3.8, 4) is 0 Å². The van der Waals surface area contributed by atoms with Gasteiger partial charge in [-0.3, -0.25) is 13.8 Å². The molecule has 181 valence electrons. The normalized spacial score (nSPS) is 39.8. The fourth-order valence-electron chi connectivity index (χ4n) is 6.22. The Bertz CT molecular complexity index is 909. The van der Waals surface area contributed by atoms with E-state index in [1.54, 1.807) is 41.5 Å². The van der Waals surface area contributed by atoms with Gasteiger partial charge < -0.3 is 9.47 Å². The third-order valence-electron chi connectivity index (χ3n) is 7.37. The van der Waals surface area contributed by atoms with Crippen LogP contribution in [0.2, 0.25) is 0 Å². The van der Waals surface area contributed by atoms with Crippen LogP contribution in [-0.2, 0) is 38.6 Å². The largest absolute Gasteiger partial charge is 0.462 e. The first-order chi connectivity index (χ1) is 14.5. The number of halogens is 1. The molecule has 2 aliphatic carbocycles. The second-order valence-corrected chi connectivity index (χ2v) is 15.8. The lowest BCUT2D eigenvalue weighted by Crippen LogP contribution is -2.60. The van der Waals surface area contributed by atoms with Gasteiger partial charge in [0, 0.05) is 35.8 Å². The van der Waals surface area contributed by atoms with Crippen LogP contribution in [0, 0.1) is 17.8 Å². The second-order valence-electron chi connectivity index (χ2n) is 11.3. The number of piperidine rings is 1. The highest BCUT2D eigenvalue weighted by molar-refractivity contribution is 14.1. The lowest BCUT2D eigenvalue weighted by Gasteiger charge is -2.49. The van der Waals surface area contributed by atoms with Crippen LogP contribution in [0.5, 0.6) is 0 Å². The van der Waals surface area contributed by atoms with Gasteiger partial charge in [-0.1, -0.05) is 22.6 Å². The van der Waals surface area contributed by atoms with E-state index in [1.165, 1.54) is 0 Å². The molecular formula is C21H31INO8S. The number of fused-ring (bicyclic) bond motifs is 1. The maximum atomic E-state index is 13.3. The zero-order valence-corrected chi connectivity index (χ0v) is 22.1. The molecular weight excluding hydrogens is 553 g/mol. The molecule has 32 heavy (non-hydrogen) atoms. The van der Waals surface area contributed by atoms with E-state index in [9.17, 15) is 23.2 Å². The van der Waals surface area contributed by atoms with Crippen molar-refractivity contribution in [3.63, 3.8) is 0 Å². The van der Waals surface area contributed by atoms with Gasteiger partial charge in [0.05, 0.1) is 5.92 Å². The number of hydroxylamine groups is 2. The summed E-state index contributed by atoms with van der Waals surface area (Å²) in [7, 11) is -3.98. The molecule has 0 aromatic carbocycles. The van der Waals surface area contributed by atoms with Crippen molar-refractivity contribution in [2.75, 3.05) is 0 Å². The minimum Gasteiger partial charge on any atom is -0.462 e. The first-order valence-corrected chi connectivity index (χ1v) is 13.5. The predicted molar refractivity (Wildman–Crippen MR) is 120 cm³/mol. The van der Waals surface area contributed by atoms with Gasteiger partial charge in [-0.15, -0.1) is 10.3 Å². The molecule has 4 fully saturated rings. The Hall–Kier alpha value is -0.500. The summed E-state index contributed by atoms with van der Waals surface area (Å²) < 4.78 is 41.6. The average Bonchev–Trinajstić information content (AvgIpc) is 3.20. The van der Waals surface area contributed by atoms with Crippen LogP contribution in [0.3, 0.4) is 0 Å². The third-order valence-corrected chi connectivity index (χ3v) is 9.61. The summed E-state index contributed by atoms with van der Waals surface area (Å²) in [5.74, 6) is -2.90. The molecule has 6 unspecified atom stereocenters. The summed E-state index contributed by atoms with van der Waals surface area (Å²) >= 11 is 1.96. The number of hydrogen-bond acceptors (Lipinski definition) is 8. The second kappa shape index (κ2) is 7.50. The van der Waals surface area contributed by atoms with Gasteiger partial charge >= 0.3 is 11.9 Å². The maximum absolute atomic E-state index is 13.3. The molecule has 6 atom stereocenters. The zero-order valence-electron chi connectivity index (χ0n) is 19.2. The first kappa shape index (κ1) is 24.6. The Balaban J connectivity index is 1.56. The van der Waals surface area contributed by atoms with E-state index in [-0.39, 0.29) is 0 Å². The number of carbonyl (C=O) groups excluding carboxylic acids is 2. The van der Waals surface area contributed by atoms with Crippen molar-refractivity contribution >= 4 is 44.6 Å². The van der Waals surface area contributed by atoms with Gasteiger partial charge in [-0.05, 0) is 48.0 Å². The van der Waals surface area contributed by atoms with Crippen molar-refractivity contribution in [1.82, 2.24) is 5.06 Å². The fourth-order valence-corrected chi connectivity index (χ4v) is 8.40. The number of rotatable bonds is 4. The van der Waals surface area contributed by atoms with E-state index >= 15 is 0 Å². The highest BCUT2D eigenvalue weighted by atomic mass is 127. The van der Waals surface area contributed by atoms with Crippen LogP contribution >= 0.6 is 22.6 Å². The summed E-state index contributed by atoms with van der Waals surface area (Å²) in [6.07, 6.45) is -0.918. The van der Waals surface area contributed by atoms with Crippen molar-refractivity contribution in [1.29, 1.82) is 0 Å². The Morgan fingerprint density at radius 1 is 1.06 bits per heavy atom. The molecule has 2 aliphatic heterocycles. The molecule has 9 nitrogen and oxygen atoms in total. The van der Waals surface area contributed by atoms with Crippen molar-refractivity contribution in [2.45, 2.75) is 98.9 Å². The molecule has 11 heteroatoms. The van der Waals surface area contributed by atoms with Crippen molar-refractivity contribution in [3.05, 3.63) is 0 Å². The van der Waals surface area contributed by atoms with Crippen LogP contribution in [-0.4, -0.2) is 63.5 Å². The molecule has 2 saturated carbocycles. The number of esters is 2. The molecule has 2 saturated heterocycles. The molecule has 0 aromatic rings. The molecule has 4 rings (SSSR count). The fraction of sp³-hybridized carbons (Fsp3) is 0.905. The summed E-state index contributed by atoms with van der Waals surface area (Å²) in [6.45, 7) is 10.6. The minimum atomic E-state index is -3.98. The Kier molecular flexibility index (Phi) is 5.77. The summed E-state index contributed by atoms with van der Waals surface area (Å²) in [6, 6.07) is 0. The molecule has 2 heterocycles. The highest BCUT2D eigenvalue weighted by Crippen LogP contribution is 2.59. The Morgan fingerprint density at radius 3 is 2.16 bits per heavy atom. The first-order valence-electron chi connectivity index (χ1n) is 11.0. The lowest BCUT2D eigenvalue weighted by atomic mass is 9.80. The highest BCUT2D eigenvalue weighted by Gasteiger charge is 2.72. The Labute approximate surface area is 202 Å². The van der Waals surface area contributed by atoms with E-state index in [1.807, 2.05) is 22.6 Å². The number of carbonyl (C=O) groups is 2. The molecule has 1 radical (unpaired) electrons. The number of ether oxygens (including phenoxy) is 2. The smallest absolute Gasteiger partial charge is 0.321 e. The maximum Gasteiger partial charge on any atom is 0.321 e. The van der Waals surface area contributed by atoms with Gasteiger partial charge in [0.25, 0.3) is 10.1 Å².